The Bertz CT molecular complexity index is 655. The summed E-state index contributed by atoms with van der Waals surface area (Å²) in [7, 11) is 0. The van der Waals surface area contributed by atoms with Gasteiger partial charge in [-0.15, -0.1) is 0 Å². The maximum Gasteiger partial charge on any atom is 0.166 e. The highest BCUT2D eigenvalue weighted by molar-refractivity contribution is 5.98. The quantitative estimate of drug-likeness (QED) is 0.783. The number of hydrogen-bond donors (Lipinski definition) is 0. The number of benzene rings is 1. The van der Waals surface area contributed by atoms with Gasteiger partial charge in [-0.25, -0.2) is 4.68 Å². The lowest BCUT2D eigenvalue weighted by atomic mass is 9.88. The molecule has 0 spiro atoms. The number of ketones is 1. The van der Waals surface area contributed by atoms with Crippen LogP contribution in [0.3, 0.4) is 0 Å². The molecule has 0 saturated carbocycles. The van der Waals surface area contributed by atoms with E-state index in [-0.39, 0.29) is 5.78 Å². The Hall–Kier alpha value is -1.90. The molecule has 0 saturated heterocycles. The van der Waals surface area contributed by atoms with Crippen molar-refractivity contribution in [2.75, 3.05) is 0 Å². The van der Waals surface area contributed by atoms with Crippen LogP contribution in [0.15, 0.2) is 24.4 Å². The number of nitrogens with zero attached hydrogens (tertiary/aromatic N) is 2. The molecule has 1 unspecified atom stereocenters. The van der Waals surface area contributed by atoms with Crippen LogP contribution in [0.25, 0.3) is 5.69 Å². The summed E-state index contributed by atoms with van der Waals surface area (Å²) >= 11 is 0. The molecule has 2 aromatic rings. The fourth-order valence-electron chi connectivity index (χ4n) is 2.79. The summed E-state index contributed by atoms with van der Waals surface area (Å²) in [5, 5.41) is 4.45. The molecule has 1 aromatic carbocycles. The normalized spacial score (nSPS) is 18.5. The molecule has 1 atom stereocenters. The van der Waals surface area contributed by atoms with E-state index in [1.165, 1.54) is 11.1 Å². The summed E-state index contributed by atoms with van der Waals surface area (Å²) in [6, 6.07) is 6.34. The van der Waals surface area contributed by atoms with E-state index in [1.54, 1.807) is 6.20 Å². The topological polar surface area (TPSA) is 34.9 Å². The van der Waals surface area contributed by atoms with Crippen LogP contribution in [0, 0.1) is 19.8 Å². The fourth-order valence-corrected chi connectivity index (χ4v) is 2.79. The molecule has 0 N–H and O–H groups in total. The van der Waals surface area contributed by atoms with Gasteiger partial charge in [-0.2, -0.15) is 5.10 Å². The van der Waals surface area contributed by atoms with Crippen molar-refractivity contribution in [1.29, 1.82) is 0 Å². The highest BCUT2D eigenvalue weighted by Gasteiger charge is 2.27. The smallest absolute Gasteiger partial charge is 0.166 e. The zero-order valence-corrected chi connectivity index (χ0v) is 11.6. The number of Topliss-reactive ketones (excluding diaryl/α,β-unsaturated/α-hetero) is 1. The minimum atomic E-state index is 0.227. The number of hydrogen-bond acceptors (Lipinski definition) is 2. The third kappa shape index (κ3) is 1.99. The Kier molecular flexibility index (Phi) is 2.77. The van der Waals surface area contributed by atoms with E-state index in [9.17, 15) is 4.79 Å². The maximum absolute atomic E-state index is 12.0. The van der Waals surface area contributed by atoms with Crippen LogP contribution >= 0.6 is 0 Å². The van der Waals surface area contributed by atoms with E-state index < -0.39 is 0 Å². The van der Waals surface area contributed by atoms with Gasteiger partial charge in [-0.05, 0) is 43.4 Å². The van der Waals surface area contributed by atoms with E-state index in [4.69, 9.17) is 0 Å². The number of rotatable bonds is 1. The first-order valence-corrected chi connectivity index (χ1v) is 6.74. The van der Waals surface area contributed by atoms with E-state index in [2.05, 4.69) is 44.1 Å². The van der Waals surface area contributed by atoms with Gasteiger partial charge in [0.15, 0.2) is 5.78 Å². The van der Waals surface area contributed by atoms with Gasteiger partial charge in [0.1, 0.15) is 0 Å². The van der Waals surface area contributed by atoms with Gasteiger partial charge in [-0.1, -0.05) is 19.1 Å². The van der Waals surface area contributed by atoms with Crippen molar-refractivity contribution in [3.63, 3.8) is 0 Å². The number of carbonyl (C=O) groups excluding carboxylic acids is 1. The van der Waals surface area contributed by atoms with E-state index >= 15 is 0 Å². The molecule has 19 heavy (non-hydrogen) atoms. The summed E-state index contributed by atoms with van der Waals surface area (Å²) in [4.78, 5) is 12.0. The number of aromatic nitrogens is 2. The number of aryl methyl sites for hydroxylation is 2. The van der Waals surface area contributed by atoms with Gasteiger partial charge in [0.25, 0.3) is 0 Å². The zero-order valence-electron chi connectivity index (χ0n) is 11.6. The Balaban J connectivity index is 2.17. The maximum atomic E-state index is 12.0. The molecule has 98 valence electrons. The van der Waals surface area contributed by atoms with Crippen LogP contribution < -0.4 is 0 Å². The third-order valence-corrected chi connectivity index (χ3v) is 3.84. The van der Waals surface area contributed by atoms with Gasteiger partial charge in [0.2, 0.25) is 0 Å². The Morgan fingerprint density at radius 2 is 2.05 bits per heavy atom. The second-order valence-corrected chi connectivity index (χ2v) is 5.64. The predicted octanol–water partition coefficient (Wildman–Crippen LogP) is 3.25. The van der Waals surface area contributed by atoms with Crippen LogP contribution in [0.5, 0.6) is 0 Å². The average Bonchev–Trinajstić information content (AvgIpc) is 2.76. The molecule has 1 aliphatic rings. The minimum Gasteiger partial charge on any atom is -0.294 e. The molecule has 3 nitrogen and oxygen atoms in total. The minimum absolute atomic E-state index is 0.227. The van der Waals surface area contributed by atoms with Crippen molar-refractivity contribution in [2.24, 2.45) is 5.92 Å². The lowest BCUT2D eigenvalue weighted by Gasteiger charge is -2.19. The molecule has 0 fully saturated rings. The second-order valence-electron chi connectivity index (χ2n) is 5.64. The number of fused-ring (bicyclic) bond motifs is 1. The van der Waals surface area contributed by atoms with Crippen molar-refractivity contribution >= 4 is 5.78 Å². The molecule has 3 heteroatoms. The van der Waals surface area contributed by atoms with Crippen LogP contribution in [-0.4, -0.2) is 15.6 Å². The zero-order chi connectivity index (χ0) is 13.6. The molecule has 1 aliphatic carbocycles. The molecule has 0 amide bonds. The van der Waals surface area contributed by atoms with Crippen molar-refractivity contribution in [3.8, 4) is 5.69 Å². The van der Waals surface area contributed by atoms with E-state index in [0.717, 1.165) is 23.4 Å². The second kappa shape index (κ2) is 4.34. The van der Waals surface area contributed by atoms with E-state index in [1.807, 2.05) is 4.68 Å². The van der Waals surface area contributed by atoms with Gasteiger partial charge in [-0.3, -0.25) is 4.79 Å². The first-order valence-electron chi connectivity index (χ1n) is 6.74. The fraction of sp³-hybridized carbons (Fsp3) is 0.375. The Morgan fingerprint density at radius 3 is 2.84 bits per heavy atom. The molecular weight excluding hydrogens is 236 g/mol. The first-order chi connectivity index (χ1) is 9.06. The summed E-state index contributed by atoms with van der Waals surface area (Å²) in [5.41, 5.74) is 5.35. The van der Waals surface area contributed by atoms with Crippen LogP contribution in [0.1, 0.15) is 40.5 Å². The van der Waals surface area contributed by atoms with Gasteiger partial charge in [0.05, 0.1) is 23.1 Å². The van der Waals surface area contributed by atoms with Crippen LogP contribution in [0.2, 0.25) is 0 Å². The van der Waals surface area contributed by atoms with Crippen molar-refractivity contribution < 1.29 is 4.79 Å². The summed E-state index contributed by atoms with van der Waals surface area (Å²) in [6.45, 7) is 6.28. The van der Waals surface area contributed by atoms with Crippen molar-refractivity contribution in [3.05, 3.63) is 46.8 Å². The Labute approximate surface area is 113 Å². The van der Waals surface area contributed by atoms with Gasteiger partial charge < -0.3 is 0 Å². The van der Waals surface area contributed by atoms with Crippen molar-refractivity contribution in [2.45, 2.75) is 33.6 Å². The van der Waals surface area contributed by atoms with Gasteiger partial charge in [0, 0.05) is 6.42 Å². The summed E-state index contributed by atoms with van der Waals surface area (Å²) < 4.78 is 1.95. The molecular formula is C16H18N2O. The molecule has 3 rings (SSSR count). The van der Waals surface area contributed by atoms with Gasteiger partial charge >= 0.3 is 0 Å². The molecule has 1 aromatic heterocycles. The summed E-state index contributed by atoms with van der Waals surface area (Å²) in [5.74, 6) is 0.630. The van der Waals surface area contributed by atoms with Crippen LogP contribution in [0.4, 0.5) is 0 Å². The highest BCUT2D eigenvalue weighted by atomic mass is 16.1. The number of carbonyl (C=O) groups is 1. The summed E-state index contributed by atoms with van der Waals surface area (Å²) in [6.07, 6.45) is 3.30. The van der Waals surface area contributed by atoms with Crippen molar-refractivity contribution in [1.82, 2.24) is 9.78 Å². The van der Waals surface area contributed by atoms with Crippen LogP contribution in [-0.2, 0) is 6.42 Å². The first kappa shape index (κ1) is 12.2. The highest BCUT2D eigenvalue weighted by Crippen LogP contribution is 2.28. The molecule has 0 aliphatic heterocycles. The Morgan fingerprint density at radius 1 is 1.26 bits per heavy atom. The lowest BCUT2D eigenvalue weighted by Crippen LogP contribution is -2.19. The third-order valence-electron chi connectivity index (χ3n) is 3.84. The SMILES string of the molecule is Cc1ccc(C)c(-n2ncc3c2CC(C)CC3=O)c1. The van der Waals surface area contributed by atoms with E-state index in [0.29, 0.717) is 12.3 Å². The monoisotopic (exact) mass is 254 g/mol. The standard InChI is InChI=1S/C16H18N2O/c1-10-4-5-12(3)14(6-10)18-15-7-11(2)8-16(19)13(15)9-17-18/h4-6,9,11H,7-8H2,1-3H3. The lowest BCUT2D eigenvalue weighted by molar-refractivity contribution is 0.0952. The molecule has 1 heterocycles. The largest absolute Gasteiger partial charge is 0.294 e. The molecule has 0 bridgehead atoms. The molecule has 0 radical (unpaired) electrons. The average molecular weight is 254 g/mol. The predicted molar refractivity (Wildman–Crippen MR) is 74.9 cm³/mol.